The summed E-state index contributed by atoms with van der Waals surface area (Å²) in [6.45, 7) is 5.89. The van der Waals surface area contributed by atoms with Gasteiger partial charge in [0.05, 0.1) is 23.3 Å². The highest BCUT2D eigenvalue weighted by Gasteiger charge is 2.25. The molecule has 3 rings (SSSR count). The lowest BCUT2D eigenvalue weighted by Gasteiger charge is -2.09. The van der Waals surface area contributed by atoms with Gasteiger partial charge in [0.1, 0.15) is 17.4 Å². The standard InChI is InChI=1S/C22H22ClN5O5S2/c1-4-9-28-15(10-33-14-7-5-13(23)6-8-14)26-27-22(28)34-11-16(29)25-20-17(21(31)32-3)12(2)18(35-20)19(24)30/h4-8H,1,9-11H2,2-3H3,(H2,24,30)(H,25,29). The van der Waals surface area contributed by atoms with Crippen molar-refractivity contribution in [2.45, 2.75) is 25.2 Å². The third-order valence-electron chi connectivity index (χ3n) is 4.63. The summed E-state index contributed by atoms with van der Waals surface area (Å²) in [5.74, 6) is -0.639. The summed E-state index contributed by atoms with van der Waals surface area (Å²) in [7, 11) is 1.21. The predicted octanol–water partition coefficient (Wildman–Crippen LogP) is 3.68. The Labute approximate surface area is 214 Å². The van der Waals surface area contributed by atoms with Crippen LogP contribution in [0.1, 0.15) is 31.4 Å². The topological polar surface area (TPSA) is 138 Å². The Morgan fingerprint density at radius 2 is 2.00 bits per heavy atom. The van der Waals surface area contributed by atoms with Gasteiger partial charge in [-0.05, 0) is 36.8 Å². The van der Waals surface area contributed by atoms with Gasteiger partial charge in [0.25, 0.3) is 5.91 Å². The summed E-state index contributed by atoms with van der Waals surface area (Å²) in [5, 5.41) is 12.3. The number of thioether (sulfide) groups is 1. The van der Waals surface area contributed by atoms with E-state index in [1.807, 2.05) is 0 Å². The maximum absolute atomic E-state index is 12.6. The Bertz CT molecular complexity index is 1260. The van der Waals surface area contributed by atoms with Crippen molar-refractivity contribution in [1.29, 1.82) is 0 Å². The van der Waals surface area contributed by atoms with Gasteiger partial charge in [0.2, 0.25) is 5.91 Å². The van der Waals surface area contributed by atoms with E-state index in [1.54, 1.807) is 41.8 Å². The summed E-state index contributed by atoms with van der Waals surface area (Å²) in [6, 6.07) is 6.93. The number of rotatable bonds is 11. The molecule has 0 radical (unpaired) electrons. The number of benzene rings is 1. The summed E-state index contributed by atoms with van der Waals surface area (Å²) >= 11 is 7.96. The van der Waals surface area contributed by atoms with Gasteiger partial charge in [-0.2, -0.15) is 0 Å². The smallest absolute Gasteiger partial charge is 0.341 e. The number of allylic oxidation sites excluding steroid dienone is 1. The van der Waals surface area contributed by atoms with E-state index in [9.17, 15) is 14.4 Å². The van der Waals surface area contributed by atoms with Crippen molar-refractivity contribution in [3.8, 4) is 5.75 Å². The molecule has 0 aliphatic heterocycles. The number of hydrogen-bond donors (Lipinski definition) is 2. The summed E-state index contributed by atoms with van der Waals surface area (Å²) in [4.78, 5) is 36.7. The first-order chi connectivity index (χ1) is 16.7. The van der Waals surface area contributed by atoms with Crippen molar-refractivity contribution < 1.29 is 23.9 Å². The first kappa shape index (κ1) is 26.3. The number of carbonyl (C=O) groups is 3. The minimum Gasteiger partial charge on any atom is -0.486 e. The lowest BCUT2D eigenvalue weighted by atomic mass is 10.1. The van der Waals surface area contributed by atoms with Crippen molar-refractivity contribution in [3.05, 3.63) is 63.8 Å². The molecular weight excluding hydrogens is 514 g/mol. The largest absolute Gasteiger partial charge is 0.486 e. The van der Waals surface area contributed by atoms with E-state index in [0.717, 1.165) is 23.1 Å². The third kappa shape index (κ3) is 6.41. The number of anilines is 1. The molecule has 35 heavy (non-hydrogen) atoms. The van der Waals surface area contributed by atoms with Crippen LogP contribution in [0, 0.1) is 6.92 Å². The minimum atomic E-state index is -0.696. The minimum absolute atomic E-state index is 0.0310. The molecule has 0 fully saturated rings. The average molecular weight is 536 g/mol. The molecule has 0 saturated carbocycles. The first-order valence-corrected chi connectivity index (χ1v) is 12.3. The average Bonchev–Trinajstić information content (AvgIpc) is 3.37. The molecule has 0 saturated heterocycles. The second kappa shape index (κ2) is 11.9. The second-order valence-corrected chi connectivity index (χ2v) is 9.39. The molecule has 184 valence electrons. The first-order valence-electron chi connectivity index (χ1n) is 10.1. The number of esters is 1. The van der Waals surface area contributed by atoms with Gasteiger partial charge in [0.15, 0.2) is 11.0 Å². The number of halogens is 1. The number of ether oxygens (including phenoxy) is 2. The van der Waals surface area contributed by atoms with E-state index in [1.165, 1.54) is 7.11 Å². The van der Waals surface area contributed by atoms with Gasteiger partial charge >= 0.3 is 5.97 Å². The zero-order valence-electron chi connectivity index (χ0n) is 18.9. The molecule has 10 nitrogen and oxygen atoms in total. The summed E-state index contributed by atoms with van der Waals surface area (Å²) in [5.41, 5.74) is 5.83. The van der Waals surface area contributed by atoms with E-state index < -0.39 is 17.8 Å². The van der Waals surface area contributed by atoms with Crippen LogP contribution in [-0.4, -0.2) is 45.4 Å². The summed E-state index contributed by atoms with van der Waals surface area (Å²) < 4.78 is 12.3. The van der Waals surface area contributed by atoms with E-state index in [0.29, 0.717) is 33.9 Å². The molecule has 2 aromatic heterocycles. The lowest BCUT2D eigenvalue weighted by molar-refractivity contribution is -0.113. The molecule has 2 amide bonds. The summed E-state index contributed by atoms with van der Waals surface area (Å²) in [6.07, 6.45) is 1.68. The second-order valence-electron chi connectivity index (χ2n) is 6.99. The molecule has 0 aliphatic carbocycles. The number of aromatic nitrogens is 3. The van der Waals surface area contributed by atoms with Gasteiger partial charge in [-0.15, -0.1) is 28.1 Å². The highest BCUT2D eigenvalue weighted by atomic mass is 35.5. The van der Waals surface area contributed by atoms with E-state index >= 15 is 0 Å². The van der Waals surface area contributed by atoms with Crippen molar-refractivity contribution in [3.63, 3.8) is 0 Å². The monoisotopic (exact) mass is 535 g/mol. The molecule has 0 spiro atoms. The Kier molecular flexibility index (Phi) is 8.90. The molecule has 2 heterocycles. The molecule has 13 heteroatoms. The SMILES string of the molecule is C=CCn1c(COc2ccc(Cl)cc2)nnc1SCC(=O)Nc1sc(C(N)=O)c(C)c1C(=O)OC. The Morgan fingerprint density at radius 1 is 1.29 bits per heavy atom. The normalized spacial score (nSPS) is 10.6. The van der Waals surface area contributed by atoms with Crippen LogP contribution in [0.25, 0.3) is 0 Å². The van der Waals surface area contributed by atoms with Gasteiger partial charge in [-0.25, -0.2) is 4.79 Å². The van der Waals surface area contributed by atoms with Gasteiger partial charge < -0.3 is 20.5 Å². The zero-order valence-corrected chi connectivity index (χ0v) is 21.3. The van der Waals surface area contributed by atoms with Gasteiger partial charge in [-0.1, -0.05) is 29.4 Å². The Hall–Kier alpha value is -3.35. The van der Waals surface area contributed by atoms with E-state index in [-0.39, 0.29) is 27.8 Å². The lowest BCUT2D eigenvalue weighted by Crippen LogP contribution is -2.16. The van der Waals surface area contributed by atoms with Crippen molar-refractivity contribution in [1.82, 2.24) is 14.8 Å². The number of hydrogen-bond acceptors (Lipinski definition) is 9. The van der Waals surface area contributed by atoms with Crippen LogP contribution in [0.5, 0.6) is 5.75 Å². The fourth-order valence-corrected chi connectivity index (χ4v) is 4.96. The Morgan fingerprint density at radius 3 is 2.63 bits per heavy atom. The van der Waals surface area contributed by atoms with Crippen LogP contribution in [0.15, 0.2) is 42.1 Å². The maximum atomic E-state index is 12.6. The molecular formula is C22H22ClN5O5S2. The van der Waals surface area contributed by atoms with Crippen LogP contribution in [0.2, 0.25) is 5.02 Å². The number of nitrogens with zero attached hydrogens (tertiary/aromatic N) is 3. The number of nitrogens with two attached hydrogens (primary N) is 1. The van der Waals surface area contributed by atoms with Crippen LogP contribution >= 0.6 is 34.7 Å². The molecule has 0 aliphatic rings. The fraction of sp³-hybridized carbons (Fsp3) is 0.227. The van der Waals surface area contributed by atoms with Crippen molar-refractivity contribution in [2.75, 3.05) is 18.2 Å². The number of primary amides is 1. The number of nitrogens with one attached hydrogen (secondary N) is 1. The zero-order chi connectivity index (χ0) is 25.5. The fourth-order valence-electron chi connectivity index (χ4n) is 3.00. The number of thiophene rings is 1. The molecule has 0 unspecified atom stereocenters. The number of methoxy groups -OCH3 is 1. The van der Waals surface area contributed by atoms with Crippen LogP contribution < -0.4 is 15.8 Å². The van der Waals surface area contributed by atoms with Gasteiger partial charge in [-0.3, -0.25) is 14.2 Å². The quantitative estimate of drug-likeness (QED) is 0.215. The van der Waals surface area contributed by atoms with E-state index in [4.69, 9.17) is 26.8 Å². The number of amides is 2. The Balaban J connectivity index is 1.69. The van der Waals surface area contributed by atoms with Crippen molar-refractivity contribution in [2.24, 2.45) is 5.73 Å². The van der Waals surface area contributed by atoms with Crippen LogP contribution in [0.4, 0.5) is 5.00 Å². The molecule has 1 aromatic carbocycles. The molecule has 3 N–H and O–H groups in total. The third-order valence-corrected chi connectivity index (χ3v) is 7.07. The highest BCUT2D eigenvalue weighted by Crippen LogP contribution is 2.33. The predicted molar refractivity (Wildman–Crippen MR) is 134 cm³/mol. The van der Waals surface area contributed by atoms with Crippen molar-refractivity contribution >= 4 is 57.5 Å². The molecule has 0 atom stereocenters. The van der Waals surface area contributed by atoms with E-state index in [2.05, 4.69) is 22.1 Å². The van der Waals surface area contributed by atoms with Gasteiger partial charge in [0, 0.05) is 11.6 Å². The number of carbonyl (C=O) groups excluding carboxylic acids is 3. The molecule has 0 bridgehead atoms. The van der Waals surface area contributed by atoms with Crippen LogP contribution in [-0.2, 0) is 22.7 Å². The maximum Gasteiger partial charge on any atom is 0.341 e. The van der Waals surface area contributed by atoms with Crippen LogP contribution in [0.3, 0.4) is 0 Å². The highest BCUT2D eigenvalue weighted by molar-refractivity contribution is 7.99. The molecule has 3 aromatic rings.